The van der Waals surface area contributed by atoms with Gasteiger partial charge in [-0.1, -0.05) is 23.4 Å². The summed E-state index contributed by atoms with van der Waals surface area (Å²) in [6.07, 6.45) is 2.79. The highest BCUT2D eigenvalue weighted by Gasteiger charge is 2.24. The Hall–Kier alpha value is -3.15. The number of anilines is 1. The molecule has 4 rings (SSSR count). The molecule has 0 fully saturated rings. The van der Waals surface area contributed by atoms with Crippen molar-refractivity contribution in [3.8, 4) is 17.1 Å². The average Bonchev–Trinajstić information content (AvgIpc) is 3.22. The summed E-state index contributed by atoms with van der Waals surface area (Å²) in [7, 11) is 0. The van der Waals surface area contributed by atoms with E-state index in [0.29, 0.717) is 31.2 Å². The maximum absolute atomic E-state index is 12.9. The van der Waals surface area contributed by atoms with Gasteiger partial charge in [0.1, 0.15) is 5.75 Å². The zero-order valence-electron chi connectivity index (χ0n) is 16.9. The van der Waals surface area contributed by atoms with Crippen molar-refractivity contribution >= 4 is 11.6 Å². The smallest absolute Gasteiger partial charge is 0.227 e. The Morgan fingerprint density at radius 2 is 2.03 bits per heavy atom. The Balaban J connectivity index is 1.41. The van der Waals surface area contributed by atoms with Gasteiger partial charge in [-0.2, -0.15) is 4.98 Å². The highest BCUT2D eigenvalue weighted by atomic mass is 16.5. The van der Waals surface area contributed by atoms with E-state index in [1.165, 1.54) is 5.56 Å². The molecule has 0 spiro atoms. The van der Waals surface area contributed by atoms with E-state index in [9.17, 15) is 4.79 Å². The summed E-state index contributed by atoms with van der Waals surface area (Å²) < 4.78 is 10.8. The molecule has 0 bridgehead atoms. The molecule has 0 unspecified atom stereocenters. The molecular formula is C23H25N3O3. The second-order valence-electron chi connectivity index (χ2n) is 7.20. The maximum atomic E-state index is 12.9. The van der Waals surface area contributed by atoms with Gasteiger partial charge < -0.3 is 14.2 Å². The number of hydrogen-bond donors (Lipinski definition) is 0. The molecule has 2 heterocycles. The summed E-state index contributed by atoms with van der Waals surface area (Å²) in [6.45, 7) is 5.40. The topological polar surface area (TPSA) is 68.5 Å². The quantitative estimate of drug-likeness (QED) is 0.625. The molecule has 3 aromatic rings. The maximum Gasteiger partial charge on any atom is 0.227 e. The van der Waals surface area contributed by atoms with Crippen LogP contribution in [0.4, 0.5) is 5.69 Å². The summed E-state index contributed by atoms with van der Waals surface area (Å²) in [4.78, 5) is 19.2. The number of aromatic nitrogens is 2. The fraction of sp³-hybridized carbons (Fsp3) is 0.348. The van der Waals surface area contributed by atoms with Gasteiger partial charge in [0.15, 0.2) is 0 Å². The number of fused-ring (bicyclic) bond motifs is 1. The van der Waals surface area contributed by atoms with Crippen LogP contribution in [0, 0.1) is 6.92 Å². The van der Waals surface area contributed by atoms with E-state index in [4.69, 9.17) is 9.26 Å². The van der Waals surface area contributed by atoms with E-state index < -0.39 is 0 Å². The number of hydrogen-bond acceptors (Lipinski definition) is 5. The summed E-state index contributed by atoms with van der Waals surface area (Å²) in [5.74, 6) is 1.91. The van der Waals surface area contributed by atoms with E-state index in [2.05, 4.69) is 35.3 Å². The fourth-order valence-corrected chi connectivity index (χ4v) is 3.79. The SMILES string of the molecule is CCOc1ccc(-c2noc(CCC(=O)N3CCCc4cccc(C)c43)n2)cc1. The number of amides is 1. The number of nitrogens with zero attached hydrogens (tertiary/aromatic N) is 3. The van der Waals surface area contributed by atoms with Crippen molar-refractivity contribution in [3.63, 3.8) is 0 Å². The molecule has 0 aliphatic carbocycles. The molecule has 29 heavy (non-hydrogen) atoms. The van der Waals surface area contributed by atoms with E-state index >= 15 is 0 Å². The minimum Gasteiger partial charge on any atom is -0.494 e. The van der Waals surface area contributed by atoms with Crippen molar-refractivity contribution in [3.05, 3.63) is 59.5 Å². The first-order valence-corrected chi connectivity index (χ1v) is 10.1. The molecule has 6 nitrogen and oxygen atoms in total. The van der Waals surface area contributed by atoms with Crippen LogP contribution < -0.4 is 9.64 Å². The number of carbonyl (C=O) groups excluding carboxylic acids is 1. The predicted molar refractivity (Wildman–Crippen MR) is 111 cm³/mol. The zero-order chi connectivity index (χ0) is 20.2. The first-order valence-electron chi connectivity index (χ1n) is 10.1. The number of carbonyl (C=O) groups is 1. The number of aryl methyl sites for hydroxylation is 3. The van der Waals surface area contributed by atoms with Crippen LogP contribution in [0.3, 0.4) is 0 Å². The van der Waals surface area contributed by atoms with E-state index in [-0.39, 0.29) is 5.91 Å². The second-order valence-corrected chi connectivity index (χ2v) is 7.20. The van der Waals surface area contributed by atoms with E-state index in [1.807, 2.05) is 36.1 Å². The van der Waals surface area contributed by atoms with Gasteiger partial charge in [0, 0.05) is 30.6 Å². The van der Waals surface area contributed by atoms with Gasteiger partial charge >= 0.3 is 0 Å². The first kappa shape index (κ1) is 19.2. The first-order chi connectivity index (χ1) is 14.2. The Kier molecular flexibility index (Phi) is 5.60. The van der Waals surface area contributed by atoms with Crippen molar-refractivity contribution in [2.45, 2.75) is 39.5 Å². The van der Waals surface area contributed by atoms with Gasteiger partial charge in [-0.15, -0.1) is 0 Å². The summed E-state index contributed by atoms with van der Waals surface area (Å²) in [6, 6.07) is 13.8. The molecule has 6 heteroatoms. The third-order valence-electron chi connectivity index (χ3n) is 5.16. The van der Waals surface area contributed by atoms with Crippen LogP contribution in [-0.2, 0) is 17.6 Å². The molecule has 1 aromatic heterocycles. The molecule has 1 aliphatic rings. The summed E-state index contributed by atoms with van der Waals surface area (Å²) >= 11 is 0. The van der Waals surface area contributed by atoms with Gasteiger partial charge in [0.25, 0.3) is 0 Å². The van der Waals surface area contributed by atoms with Gasteiger partial charge in [-0.3, -0.25) is 4.79 Å². The lowest BCUT2D eigenvalue weighted by Gasteiger charge is -2.31. The number of benzene rings is 2. The van der Waals surface area contributed by atoms with Crippen LogP contribution in [0.15, 0.2) is 47.0 Å². The summed E-state index contributed by atoms with van der Waals surface area (Å²) in [5.41, 5.74) is 4.33. The van der Waals surface area contributed by atoms with Gasteiger partial charge in [0.2, 0.25) is 17.6 Å². The minimum absolute atomic E-state index is 0.0982. The molecular weight excluding hydrogens is 366 g/mol. The standard InChI is InChI=1S/C23H25N3O3/c1-3-28-19-11-9-18(10-12-19)23-24-20(29-25-23)13-14-21(27)26-15-5-8-17-7-4-6-16(2)22(17)26/h4,6-7,9-12H,3,5,8,13-15H2,1-2H3. The van der Waals surface area contributed by atoms with Crippen LogP contribution in [0.1, 0.15) is 36.8 Å². The largest absolute Gasteiger partial charge is 0.494 e. The molecule has 0 saturated heterocycles. The molecule has 0 saturated carbocycles. The average molecular weight is 391 g/mol. The normalized spacial score (nSPS) is 13.2. The van der Waals surface area contributed by atoms with Crippen molar-refractivity contribution < 1.29 is 14.1 Å². The number of rotatable bonds is 6. The van der Waals surface area contributed by atoms with Gasteiger partial charge in [-0.25, -0.2) is 0 Å². The molecule has 150 valence electrons. The molecule has 1 amide bonds. The lowest BCUT2D eigenvalue weighted by atomic mass is 9.98. The Morgan fingerprint density at radius 3 is 2.83 bits per heavy atom. The minimum atomic E-state index is 0.0982. The van der Waals surface area contributed by atoms with Gasteiger partial charge in [-0.05, 0) is 62.1 Å². The summed E-state index contributed by atoms with van der Waals surface area (Å²) in [5, 5.41) is 4.05. The monoisotopic (exact) mass is 391 g/mol. The van der Waals surface area contributed by atoms with E-state index in [1.54, 1.807) is 0 Å². The fourth-order valence-electron chi connectivity index (χ4n) is 3.79. The molecule has 0 radical (unpaired) electrons. The van der Waals surface area contributed by atoms with Crippen LogP contribution in [-0.4, -0.2) is 29.2 Å². The Bertz CT molecular complexity index is 995. The zero-order valence-corrected chi connectivity index (χ0v) is 16.9. The predicted octanol–water partition coefficient (Wildman–Crippen LogP) is 4.36. The van der Waals surface area contributed by atoms with Crippen molar-refractivity contribution in [2.75, 3.05) is 18.1 Å². The Morgan fingerprint density at radius 1 is 1.21 bits per heavy atom. The van der Waals surface area contributed by atoms with Crippen LogP contribution >= 0.6 is 0 Å². The third kappa shape index (κ3) is 4.16. The van der Waals surface area contributed by atoms with Crippen molar-refractivity contribution in [1.29, 1.82) is 0 Å². The molecule has 1 aliphatic heterocycles. The second kappa shape index (κ2) is 8.47. The molecule has 2 aromatic carbocycles. The molecule has 0 N–H and O–H groups in total. The van der Waals surface area contributed by atoms with Crippen molar-refractivity contribution in [1.82, 2.24) is 10.1 Å². The Labute approximate surface area is 170 Å². The number of para-hydroxylation sites is 1. The van der Waals surface area contributed by atoms with Crippen LogP contribution in [0.25, 0.3) is 11.4 Å². The van der Waals surface area contributed by atoms with Gasteiger partial charge in [0.05, 0.1) is 6.61 Å². The van der Waals surface area contributed by atoms with E-state index in [0.717, 1.165) is 42.0 Å². The molecule has 0 atom stereocenters. The highest BCUT2D eigenvalue weighted by molar-refractivity contribution is 5.95. The van der Waals surface area contributed by atoms with Crippen LogP contribution in [0.5, 0.6) is 5.75 Å². The lowest BCUT2D eigenvalue weighted by molar-refractivity contribution is -0.118. The lowest BCUT2D eigenvalue weighted by Crippen LogP contribution is -2.36. The number of ether oxygens (including phenoxy) is 1. The highest BCUT2D eigenvalue weighted by Crippen LogP contribution is 2.31. The van der Waals surface area contributed by atoms with Crippen molar-refractivity contribution in [2.24, 2.45) is 0 Å². The van der Waals surface area contributed by atoms with Crippen LogP contribution in [0.2, 0.25) is 0 Å². The third-order valence-corrected chi connectivity index (χ3v) is 5.16.